The summed E-state index contributed by atoms with van der Waals surface area (Å²) in [6.07, 6.45) is -13.6. The number of unbranched alkanes of at least 4 members (excludes halogenated alkanes) is 1. The Morgan fingerprint density at radius 1 is 0.900 bits per heavy atom. The third-order valence-corrected chi connectivity index (χ3v) is 7.52. The standard InChI is InChI=1S/C24H44N2O13S/c1-3-5-6-15(29)26-12(11-40-4-2)22(35)25-7-8-36-23-20(34)18(32)21(14(10-28)38-23)39-24-19(33)17(31)16(30)13(9-27)37-24/h12-14,16-21,23-24,27-28,30-34H,3-11H2,1-2H3,(H,25,35)(H,26,29)/t12?,13?,14?,16-,17+,18-,19?,20?,21-,23-,24-/m1/s1. The van der Waals surface area contributed by atoms with Crippen LogP contribution in [0.15, 0.2) is 0 Å². The maximum Gasteiger partial charge on any atom is 0.243 e. The van der Waals surface area contributed by atoms with E-state index in [1.165, 1.54) is 11.8 Å². The molecular weight excluding hydrogens is 556 g/mol. The third-order valence-electron chi connectivity index (χ3n) is 6.54. The van der Waals surface area contributed by atoms with Gasteiger partial charge in [0.1, 0.15) is 54.9 Å². The number of hydrogen-bond acceptors (Lipinski definition) is 14. The number of hydrogen-bond donors (Lipinski definition) is 9. The number of nitrogens with one attached hydrogen (secondary N) is 2. The van der Waals surface area contributed by atoms with E-state index in [9.17, 15) is 45.3 Å². The van der Waals surface area contributed by atoms with Gasteiger partial charge in [-0.2, -0.15) is 11.8 Å². The number of carbonyl (C=O) groups excluding carboxylic acids is 2. The van der Waals surface area contributed by atoms with Gasteiger partial charge in [-0.15, -0.1) is 0 Å². The van der Waals surface area contributed by atoms with E-state index >= 15 is 0 Å². The zero-order valence-electron chi connectivity index (χ0n) is 22.7. The molecule has 0 aromatic heterocycles. The summed E-state index contributed by atoms with van der Waals surface area (Å²) in [5, 5.41) is 75.8. The summed E-state index contributed by atoms with van der Waals surface area (Å²) in [7, 11) is 0. The molecule has 11 atom stereocenters. The van der Waals surface area contributed by atoms with Gasteiger partial charge in [0, 0.05) is 18.7 Å². The lowest BCUT2D eigenvalue weighted by atomic mass is 9.97. The summed E-state index contributed by atoms with van der Waals surface area (Å²) in [6, 6.07) is -0.730. The predicted molar refractivity (Wildman–Crippen MR) is 140 cm³/mol. The van der Waals surface area contributed by atoms with Gasteiger partial charge >= 0.3 is 0 Å². The maximum absolute atomic E-state index is 12.6. The Hall–Kier alpha value is -1.15. The van der Waals surface area contributed by atoms with Gasteiger partial charge < -0.3 is 65.3 Å². The Morgan fingerprint density at radius 2 is 1.55 bits per heavy atom. The van der Waals surface area contributed by atoms with Gasteiger partial charge in [-0.3, -0.25) is 9.59 Å². The fourth-order valence-corrected chi connectivity index (χ4v) is 4.89. The minimum Gasteiger partial charge on any atom is -0.394 e. The van der Waals surface area contributed by atoms with E-state index in [4.69, 9.17) is 18.9 Å². The second kappa shape index (κ2) is 17.7. The molecule has 0 aliphatic carbocycles. The van der Waals surface area contributed by atoms with Gasteiger partial charge in [0.05, 0.1) is 19.8 Å². The molecule has 2 fully saturated rings. The van der Waals surface area contributed by atoms with E-state index in [1.54, 1.807) is 0 Å². The molecular formula is C24H44N2O13S. The lowest BCUT2D eigenvalue weighted by molar-refractivity contribution is -0.359. The first-order valence-electron chi connectivity index (χ1n) is 13.4. The molecule has 0 aromatic carbocycles. The van der Waals surface area contributed by atoms with Crippen molar-refractivity contribution in [2.45, 2.75) is 101 Å². The monoisotopic (exact) mass is 600 g/mol. The highest BCUT2D eigenvalue weighted by molar-refractivity contribution is 7.99. The maximum atomic E-state index is 12.6. The number of carbonyl (C=O) groups is 2. The zero-order chi connectivity index (χ0) is 29.8. The minimum atomic E-state index is -1.77. The molecule has 2 saturated heterocycles. The Labute approximate surface area is 237 Å². The van der Waals surface area contributed by atoms with Crippen LogP contribution in [-0.4, -0.2) is 153 Å². The summed E-state index contributed by atoms with van der Waals surface area (Å²) in [5.41, 5.74) is 0. The molecule has 2 amide bonds. The number of aliphatic hydroxyl groups is 7. The van der Waals surface area contributed by atoms with Crippen molar-refractivity contribution in [2.75, 3.05) is 37.9 Å². The van der Waals surface area contributed by atoms with Gasteiger partial charge in [-0.1, -0.05) is 20.3 Å². The summed E-state index contributed by atoms with van der Waals surface area (Å²) in [6.45, 7) is 2.36. The van der Waals surface area contributed by atoms with Crippen LogP contribution in [0.25, 0.3) is 0 Å². The highest BCUT2D eigenvalue weighted by atomic mass is 32.2. The second-order valence-corrected chi connectivity index (χ2v) is 10.9. The summed E-state index contributed by atoms with van der Waals surface area (Å²) in [5.74, 6) is 0.550. The molecule has 0 spiro atoms. The fraction of sp³-hybridized carbons (Fsp3) is 0.917. The molecule has 5 unspecified atom stereocenters. The van der Waals surface area contributed by atoms with Crippen LogP contribution in [0.2, 0.25) is 0 Å². The highest BCUT2D eigenvalue weighted by Crippen LogP contribution is 2.29. The van der Waals surface area contributed by atoms with Crippen molar-refractivity contribution in [3.63, 3.8) is 0 Å². The molecule has 15 nitrogen and oxygen atoms in total. The van der Waals surface area contributed by atoms with Crippen LogP contribution in [0.1, 0.15) is 33.1 Å². The molecule has 0 radical (unpaired) electrons. The van der Waals surface area contributed by atoms with E-state index in [0.717, 1.165) is 12.2 Å². The molecule has 2 heterocycles. The molecule has 16 heteroatoms. The summed E-state index contributed by atoms with van der Waals surface area (Å²) >= 11 is 1.50. The van der Waals surface area contributed by atoms with Crippen LogP contribution in [0, 0.1) is 0 Å². The average Bonchev–Trinajstić information content (AvgIpc) is 2.95. The average molecular weight is 601 g/mol. The number of thioether (sulfide) groups is 1. The first-order valence-corrected chi connectivity index (χ1v) is 14.6. The van der Waals surface area contributed by atoms with Crippen LogP contribution < -0.4 is 10.6 Å². The van der Waals surface area contributed by atoms with Crippen molar-refractivity contribution < 1.29 is 64.3 Å². The van der Waals surface area contributed by atoms with Crippen molar-refractivity contribution in [3.05, 3.63) is 0 Å². The second-order valence-electron chi connectivity index (χ2n) is 9.55. The Balaban J connectivity index is 1.89. The molecule has 2 aliphatic heterocycles. The molecule has 0 saturated carbocycles. The van der Waals surface area contributed by atoms with Crippen molar-refractivity contribution in [2.24, 2.45) is 0 Å². The number of rotatable bonds is 16. The smallest absolute Gasteiger partial charge is 0.243 e. The van der Waals surface area contributed by atoms with Gasteiger partial charge in [0.2, 0.25) is 11.8 Å². The van der Waals surface area contributed by atoms with E-state index in [2.05, 4.69) is 10.6 Å². The SMILES string of the molecule is CCCCC(=O)NC(CSCC)C(=O)NCCO[C@@H]1OC(CO)[C@@H](O[C@H]2OC(CO)[C@@H](O)[C@H](O)C2O)[C@H](O)C1O. The Morgan fingerprint density at radius 3 is 2.17 bits per heavy atom. The first-order chi connectivity index (χ1) is 19.1. The van der Waals surface area contributed by atoms with Gasteiger partial charge in [0.15, 0.2) is 12.6 Å². The Bertz CT molecular complexity index is 764. The van der Waals surface area contributed by atoms with E-state index in [0.29, 0.717) is 18.6 Å². The fourth-order valence-electron chi connectivity index (χ4n) is 4.19. The van der Waals surface area contributed by atoms with Crippen LogP contribution in [0.5, 0.6) is 0 Å². The van der Waals surface area contributed by atoms with Crippen molar-refractivity contribution in [1.29, 1.82) is 0 Å². The predicted octanol–water partition coefficient (Wildman–Crippen LogP) is -3.83. The van der Waals surface area contributed by atoms with Crippen molar-refractivity contribution in [3.8, 4) is 0 Å². The lowest BCUT2D eigenvalue weighted by Gasteiger charge is -2.45. The Kier molecular flexibility index (Phi) is 15.5. The molecule has 40 heavy (non-hydrogen) atoms. The zero-order valence-corrected chi connectivity index (χ0v) is 23.5. The van der Waals surface area contributed by atoms with Crippen molar-refractivity contribution >= 4 is 23.6 Å². The molecule has 234 valence electrons. The lowest BCUT2D eigenvalue weighted by Crippen LogP contribution is -2.64. The molecule has 2 rings (SSSR count). The van der Waals surface area contributed by atoms with Crippen LogP contribution in [0.3, 0.4) is 0 Å². The number of amides is 2. The van der Waals surface area contributed by atoms with Crippen LogP contribution >= 0.6 is 11.8 Å². The molecule has 0 aromatic rings. The van der Waals surface area contributed by atoms with Crippen LogP contribution in [0.4, 0.5) is 0 Å². The van der Waals surface area contributed by atoms with Gasteiger partial charge in [0.25, 0.3) is 0 Å². The molecule has 2 aliphatic rings. The molecule has 9 N–H and O–H groups in total. The third kappa shape index (κ3) is 9.71. The first kappa shape index (κ1) is 35.0. The highest BCUT2D eigenvalue weighted by Gasteiger charge is 2.50. The summed E-state index contributed by atoms with van der Waals surface area (Å²) < 4.78 is 21.8. The molecule has 0 bridgehead atoms. The van der Waals surface area contributed by atoms with E-state index in [1.807, 2.05) is 13.8 Å². The normalized spacial score (nSPS) is 35.2. The summed E-state index contributed by atoms with van der Waals surface area (Å²) in [4.78, 5) is 24.7. The topological polar surface area (TPSA) is 237 Å². The van der Waals surface area contributed by atoms with Gasteiger partial charge in [-0.05, 0) is 12.2 Å². The largest absolute Gasteiger partial charge is 0.394 e. The van der Waals surface area contributed by atoms with Crippen LogP contribution in [-0.2, 0) is 28.5 Å². The van der Waals surface area contributed by atoms with E-state index in [-0.39, 0.29) is 19.1 Å². The quantitative estimate of drug-likeness (QED) is 0.0772. The van der Waals surface area contributed by atoms with E-state index < -0.39 is 86.6 Å². The van der Waals surface area contributed by atoms with Gasteiger partial charge in [-0.25, -0.2) is 0 Å². The minimum absolute atomic E-state index is 0.00573. The van der Waals surface area contributed by atoms with Crippen molar-refractivity contribution in [1.82, 2.24) is 10.6 Å². The number of aliphatic hydroxyl groups excluding tert-OH is 7. The number of ether oxygens (including phenoxy) is 4.